The zero-order chi connectivity index (χ0) is 20.4. The zero-order valence-electron chi connectivity index (χ0n) is 17.7. The van der Waals surface area contributed by atoms with E-state index in [0.717, 1.165) is 0 Å². The minimum absolute atomic E-state index is 0.305. The van der Waals surface area contributed by atoms with Crippen LogP contribution in [0.25, 0.3) is 5.57 Å². The van der Waals surface area contributed by atoms with Crippen LogP contribution in [0, 0.1) is 13.8 Å². The molecule has 4 rings (SSSR count). The average molecular weight is 377 g/mol. The van der Waals surface area contributed by atoms with Crippen molar-refractivity contribution in [2.75, 3.05) is 0 Å². The largest absolute Gasteiger partial charge is 0.0876 e. The first kappa shape index (κ1) is 19.2. The minimum Gasteiger partial charge on any atom is -0.0876 e. The summed E-state index contributed by atoms with van der Waals surface area (Å²) in [7, 11) is 0. The fourth-order valence-electron chi connectivity index (χ4n) is 4.68. The lowest BCUT2D eigenvalue weighted by atomic mass is 9.67. The van der Waals surface area contributed by atoms with Gasteiger partial charge in [-0.2, -0.15) is 0 Å². The highest BCUT2D eigenvalue weighted by molar-refractivity contribution is 5.94. The maximum absolute atomic E-state index is 2.30. The van der Waals surface area contributed by atoms with Crippen molar-refractivity contribution in [1.82, 2.24) is 0 Å². The molecule has 144 valence electrons. The van der Waals surface area contributed by atoms with Crippen molar-refractivity contribution in [3.05, 3.63) is 136 Å². The van der Waals surface area contributed by atoms with Gasteiger partial charge in [0, 0.05) is 0 Å². The molecule has 3 aromatic rings. The van der Waals surface area contributed by atoms with Gasteiger partial charge in [0.05, 0.1) is 5.41 Å². The Hall–Kier alpha value is -3.12. The summed E-state index contributed by atoms with van der Waals surface area (Å²) in [4.78, 5) is 0. The summed E-state index contributed by atoms with van der Waals surface area (Å²) >= 11 is 0. The smallest absolute Gasteiger partial charge is 0.0710 e. The summed E-state index contributed by atoms with van der Waals surface area (Å²) in [6, 6.07) is 27.0. The molecule has 0 atom stereocenters. The van der Waals surface area contributed by atoms with Crippen molar-refractivity contribution in [1.29, 1.82) is 0 Å². The molecule has 0 aromatic heterocycles. The van der Waals surface area contributed by atoms with Gasteiger partial charge in [0.25, 0.3) is 0 Å². The summed E-state index contributed by atoms with van der Waals surface area (Å²) in [5.74, 6) is 0. The van der Waals surface area contributed by atoms with Crippen LogP contribution in [-0.2, 0) is 5.41 Å². The maximum atomic E-state index is 2.30. The second-order valence-electron chi connectivity index (χ2n) is 7.84. The summed E-state index contributed by atoms with van der Waals surface area (Å²) in [6.07, 6.45) is 8.81. The highest BCUT2D eigenvalue weighted by Gasteiger charge is 2.47. The molecule has 0 unspecified atom stereocenters. The van der Waals surface area contributed by atoms with E-state index in [1.807, 2.05) is 0 Å². The lowest BCUT2D eigenvalue weighted by molar-refractivity contribution is 0.766. The molecule has 0 heterocycles. The van der Waals surface area contributed by atoms with E-state index in [-0.39, 0.29) is 5.41 Å². The number of aryl methyl sites for hydroxylation is 2. The molecule has 0 nitrogen and oxygen atoms in total. The molecular weight excluding hydrogens is 348 g/mol. The van der Waals surface area contributed by atoms with Gasteiger partial charge in [-0.15, -0.1) is 0 Å². The molecule has 1 aliphatic carbocycles. The molecule has 0 bridgehead atoms. The predicted octanol–water partition coefficient (Wildman–Crippen LogP) is 7.56. The molecule has 0 amide bonds. The first-order valence-corrected chi connectivity index (χ1v) is 10.4. The molecule has 0 saturated heterocycles. The van der Waals surface area contributed by atoms with Crippen molar-refractivity contribution in [2.24, 2.45) is 0 Å². The van der Waals surface area contributed by atoms with Crippen LogP contribution in [0.3, 0.4) is 0 Å². The molecule has 0 saturated carbocycles. The standard InChI is InChI=1S/C29H28/c1-5-7-10-25-26-11-8-9-12-28(26)29(27(25)6-2,23-17-13-21(3)14-18-23)24-19-15-22(4)16-20-24/h5-20H,1-4H3. The number of hydrogen-bond donors (Lipinski definition) is 0. The first-order valence-electron chi connectivity index (χ1n) is 10.4. The highest BCUT2D eigenvalue weighted by Crippen LogP contribution is 2.57. The van der Waals surface area contributed by atoms with E-state index in [1.54, 1.807) is 0 Å². The third kappa shape index (κ3) is 3.00. The van der Waals surface area contributed by atoms with Crippen molar-refractivity contribution in [2.45, 2.75) is 33.1 Å². The molecule has 0 aliphatic heterocycles. The predicted molar refractivity (Wildman–Crippen MR) is 125 cm³/mol. The monoisotopic (exact) mass is 376 g/mol. The molecule has 1 aliphatic rings. The van der Waals surface area contributed by atoms with E-state index in [2.05, 4.69) is 125 Å². The quantitative estimate of drug-likeness (QED) is 0.442. The third-order valence-corrected chi connectivity index (χ3v) is 6.03. The van der Waals surface area contributed by atoms with Crippen molar-refractivity contribution in [3.63, 3.8) is 0 Å². The van der Waals surface area contributed by atoms with Gasteiger partial charge in [0.15, 0.2) is 0 Å². The van der Waals surface area contributed by atoms with Crippen molar-refractivity contribution in [3.8, 4) is 0 Å². The minimum atomic E-state index is -0.305. The van der Waals surface area contributed by atoms with Crippen LogP contribution < -0.4 is 0 Å². The number of hydrogen-bond acceptors (Lipinski definition) is 0. The van der Waals surface area contributed by atoms with Gasteiger partial charge in [-0.3, -0.25) is 0 Å². The van der Waals surface area contributed by atoms with Gasteiger partial charge in [0.1, 0.15) is 0 Å². The number of fused-ring (bicyclic) bond motifs is 1. The van der Waals surface area contributed by atoms with Crippen LogP contribution in [0.2, 0.25) is 0 Å². The van der Waals surface area contributed by atoms with Gasteiger partial charge in [0.2, 0.25) is 0 Å². The van der Waals surface area contributed by atoms with Gasteiger partial charge < -0.3 is 0 Å². The first-order chi connectivity index (χ1) is 14.1. The van der Waals surface area contributed by atoms with Gasteiger partial charge in [-0.1, -0.05) is 108 Å². The van der Waals surface area contributed by atoms with Crippen molar-refractivity contribution < 1.29 is 0 Å². The number of benzene rings is 3. The molecule has 0 heteroatoms. The maximum Gasteiger partial charge on any atom is 0.0710 e. The van der Waals surface area contributed by atoms with E-state index in [4.69, 9.17) is 0 Å². The second kappa shape index (κ2) is 7.72. The summed E-state index contributed by atoms with van der Waals surface area (Å²) in [5.41, 5.74) is 10.2. The molecule has 0 radical (unpaired) electrons. The fraction of sp³-hybridized carbons (Fsp3) is 0.172. The van der Waals surface area contributed by atoms with Crippen molar-refractivity contribution >= 4 is 5.57 Å². The fourth-order valence-corrected chi connectivity index (χ4v) is 4.68. The van der Waals surface area contributed by atoms with E-state index in [1.165, 1.54) is 44.5 Å². The zero-order valence-corrected chi connectivity index (χ0v) is 17.7. The van der Waals surface area contributed by atoms with E-state index in [0.29, 0.717) is 0 Å². The Balaban J connectivity index is 2.14. The third-order valence-electron chi connectivity index (χ3n) is 6.03. The van der Waals surface area contributed by atoms with E-state index < -0.39 is 0 Å². The lowest BCUT2D eigenvalue weighted by Crippen LogP contribution is -2.28. The Bertz CT molecular complexity index is 1060. The Kier molecular flexibility index (Phi) is 5.11. The van der Waals surface area contributed by atoms with Gasteiger partial charge in [-0.25, -0.2) is 0 Å². The van der Waals surface area contributed by atoms with Gasteiger partial charge >= 0.3 is 0 Å². The topological polar surface area (TPSA) is 0 Å². The summed E-state index contributed by atoms with van der Waals surface area (Å²) < 4.78 is 0. The van der Waals surface area contributed by atoms with Crippen LogP contribution in [0.4, 0.5) is 0 Å². The van der Waals surface area contributed by atoms with Crippen LogP contribution in [0.1, 0.15) is 47.2 Å². The Morgan fingerprint density at radius 1 is 0.690 bits per heavy atom. The van der Waals surface area contributed by atoms with Crippen LogP contribution in [0.15, 0.2) is 103 Å². The number of rotatable bonds is 3. The second-order valence-corrected chi connectivity index (χ2v) is 7.84. The highest BCUT2D eigenvalue weighted by atomic mass is 14.5. The Morgan fingerprint density at radius 3 is 1.76 bits per heavy atom. The van der Waals surface area contributed by atoms with E-state index in [9.17, 15) is 0 Å². The normalized spacial score (nSPS) is 17.9. The van der Waals surface area contributed by atoms with Crippen LogP contribution >= 0.6 is 0 Å². The molecule has 0 spiro atoms. The Morgan fingerprint density at radius 2 is 1.24 bits per heavy atom. The molecule has 0 fully saturated rings. The van der Waals surface area contributed by atoms with Crippen LogP contribution in [-0.4, -0.2) is 0 Å². The van der Waals surface area contributed by atoms with Crippen LogP contribution in [0.5, 0.6) is 0 Å². The van der Waals surface area contributed by atoms with Gasteiger partial charge in [-0.05, 0) is 61.1 Å². The summed E-state index contributed by atoms with van der Waals surface area (Å²) in [6.45, 7) is 8.54. The van der Waals surface area contributed by atoms with E-state index >= 15 is 0 Å². The Labute approximate surface area is 174 Å². The SMILES string of the molecule is CC=CC=C1C(=CC)C(c2ccc(C)cc2)(c2ccc(C)cc2)c2ccccc21. The number of allylic oxidation sites excluding steroid dienone is 6. The molecule has 29 heavy (non-hydrogen) atoms. The average Bonchev–Trinajstić information content (AvgIpc) is 3.03. The summed E-state index contributed by atoms with van der Waals surface area (Å²) in [5, 5.41) is 0. The molecule has 0 N–H and O–H groups in total. The molecule has 3 aromatic carbocycles. The lowest BCUT2D eigenvalue weighted by Gasteiger charge is -2.34. The molecular formula is C29H28.